The first-order chi connectivity index (χ1) is 9.79. The van der Waals surface area contributed by atoms with E-state index in [1.807, 2.05) is 49.5 Å². The number of hydrogen-bond donors (Lipinski definition) is 2. The van der Waals surface area contributed by atoms with Gasteiger partial charge in [-0.15, -0.1) is 0 Å². The zero-order chi connectivity index (χ0) is 13.9. The highest BCUT2D eigenvalue weighted by Gasteiger charge is 2.39. The predicted octanol–water partition coefficient (Wildman–Crippen LogP) is 3.01. The number of amides is 1. The maximum atomic E-state index is 12.3. The minimum absolute atomic E-state index is 0.00150. The lowest BCUT2D eigenvalue weighted by Crippen LogP contribution is -2.27. The maximum Gasteiger partial charge on any atom is 0.253 e. The molecule has 3 rings (SSSR count). The molecule has 1 aliphatic carbocycles. The van der Waals surface area contributed by atoms with Crippen molar-refractivity contribution in [3.05, 3.63) is 65.7 Å². The van der Waals surface area contributed by atoms with Crippen molar-refractivity contribution >= 4 is 11.6 Å². The molecule has 1 saturated carbocycles. The van der Waals surface area contributed by atoms with Crippen molar-refractivity contribution in [2.75, 3.05) is 12.4 Å². The van der Waals surface area contributed by atoms with Crippen LogP contribution in [0.2, 0.25) is 0 Å². The van der Waals surface area contributed by atoms with E-state index in [2.05, 4.69) is 22.8 Å². The summed E-state index contributed by atoms with van der Waals surface area (Å²) in [6.45, 7) is 0. The van der Waals surface area contributed by atoms with E-state index in [4.69, 9.17) is 0 Å². The van der Waals surface area contributed by atoms with E-state index in [1.54, 1.807) is 0 Å². The Labute approximate surface area is 119 Å². The first-order valence-corrected chi connectivity index (χ1v) is 6.92. The van der Waals surface area contributed by atoms with Gasteiger partial charge in [-0.25, -0.2) is 0 Å². The lowest BCUT2D eigenvalue weighted by molar-refractivity contribution is 0.0951. The van der Waals surface area contributed by atoms with Crippen molar-refractivity contribution in [2.45, 2.75) is 18.4 Å². The van der Waals surface area contributed by atoms with Gasteiger partial charge in [0.2, 0.25) is 0 Å². The molecule has 2 aromatic rings. The number of carbonyl (C=O) groups excluding carboxylic acids is 1. The van der Waals surface area contributed by atoms with Crippen molar-refractivity contribution in [3.63, 3.8) is 0 Å². The van der Waals surface area contributed by atoms with Crippen LogP contribution in [0.25, 0.3) is 0 Å². The Balaban J connectivity index is 1.67. The number of benzene rings is 2. The van der Waals surface area contributed by atoms with Crippen LogP contribution in [0.3, 0.4) is 0 Å². The smallest absolute Gasteiger partial charge is 0.253 e. The Morgan fingerprint density at radius 2 is 1.75 bits per heavy atom. The Bertz CT molecular complexity index is 609. The van der Waals surface area contributed by atoms with Crippen molar-refractivity contribution in [2.24, 2.45) is 0 Å². The van der Waals surface area contributed by atoms with Gasteiger partial charge in [-0.05, 0) is 24.1 Å². The minimum Gasteiger partial charge on any atom is -0.387 e. The fourth-order valence-electron chi connectivity index (χ4n) is 2.57. The largest absolute Gasteiger partial charge is 0.387 e. The summed E-state index contributed by atoms with van der Waals surface area (Å²) >= 11 is 0. The number of para-hydroxylation sites is 1. The molecule has 2 atom stereocenters. The zero-order valence-electron chi connectivity index (χ0n) is 11.5. The standard InChI is InChI=1S/C17H18N2O/c1-18-15-10-6-5-9-13(15)17(20)19-16-11-14(16)12-7-3-2-4-8-12/h2-10,14,16,18H,11H2,1H3,(H,19,20). The molecule has 1 amide bonds. The number of hydrogen-bond acceptors (Lipinski definition) is 2. The highest BCUT2D eigenvalue weighted by atomic mass is 16.1. The van der Waals surface area contributed by atoms with Gasteiger partial charge in [0, 0.05) is 24.7 Å². The Kier molecular flexibility index (Phi) is 3.42. The molecule has 0 bridgehead atoms. The van der Waals surface area contributed by atoms with Crippen LogP contribution in [0, 0.1) is 0 Å². The van der Waals surface area contributed by atoms with Gasteiger partial charge in [-0.1, -0.05) is 42.5 Å². The lowest BCUT2D eigenvalue weighted by Gasteiger charge is -2.09. The molecule has 1 aliphatic rings. The van der Waals surface area contributed by atoms with E-state index in [9.17, 15) is 4.79 Å². The molecule has 0 saturated heterocycles. The Morgan fingerprint density at radius 3 is 2.50 bits per heavy atom. The van der Waals surface area contributed by atoms with Crippen LogP contribution in [0.4, 0.5) is 5.69 Å². The fraction of sp³-hybridized carbons (Fsp3) is 0.235. The van der Waals surface area contributed by atoms with Crippen LogP contribution in [-0.4, -0.2) is 19.0 Å². The number of rotatable bonds is 4. The van der Waals surface area contributed by atoms with E-state index in [-0.39, 0.29) is 11.9 Å². The summed E-state index contributed by atoms with van der Waals surface area (Å²) in [7, 11) is 1.83. The van der Waals surface area contributed by atoms with E-state index in [1.165, 1.54) is 5.56 Å². The average Bonchev–Trinajstić information content (AvgIpc) is 3.27. The quantitative estimate of drug-likeness (QED) is 0.893. The van der Waals surface area contributed by atoms with Crippen molar-refractivity contribution in [3.8, 4) is 0 Å². The van der Waals surface area contributed by atoms with Gasteiger partial charge in [-0.3, -0.25) is 4.79 Å². The van der Waals surface area contributed by atoms with E-state index in [0.29, 0.717) is 11.5 Å². The molecule has 2 unspecified atom stereocenters. The summed E-state index contributed by atoms with van der Waals surface area (Å²) in [5, 5.41) is 6.17. The molecule has 2 N–H and O–H groups in total. The molecule has 2 aromatic carbocycles. The molecule has 0 radical (unpaired) electrons. The van der Waals surface area contributed by atoms with Crippen LogP contribution in [0.1, 0.15) is 28.3 Å². The fourth-order valence-corrected chi connectivity index (χ4v) is 2.57. The highest BCUT2D eigenvalue weighted by molar-refractivity contribution is 5.99. The summed E-state index contributed by atoms with van der Waals surface area (Å²) in [4.78, 5) is 12.3. The molecule has 20 heavy (non-hydrogen) atoms. The topological polar surface area (TPSA) is 41.1 Å². The highest BCUT2D eigenvalue weighted by Crippen LogP contribution is 2.40. The van der Waals surface area contributed by atoms with Crippen molar-refractivity contribution in [1.82, 2.24) is 5.32 Å². The van der Waals surface area contributed by atoms with E-state index >= 15 is 0 Å². The zero-order valence-corrected chi connectivity index (χ0v) is 11.5. The summed E-state index contributed by atoms with van der Waals surface area (Å²) < 4.78 is 0. The Hall–Kier alpha value is -2.29. The summed E-state index contributed by atoms with van der Waals surface area (Å²) in [5.74, 6) is 0.459. The predicted molar refractivity (Wildman–Crippen MR) is 81.0 cm³/mol. The first-order valence-electron chi connectivity index (χ1n) is 6.92. The summed E-state index contributed by atoms with van der Waals surface area (Å²) in [6, 6.07) is 18.2. The molecule has 0 aliphatic heterocycles. The number of carbonyl (C=O) groups is 1. The van der Waals surface area contributed by atoms with Crippen LogP contribution in [0.5, 0.6) is 0 Å². The molecule has 0 spiro atoms. The number of anilines is 1. The SMILES string of the molecule is CNc1ccccc1C(=O)NC1CC1c1ccccc1. The van der Waals surface area contributed by atoms with Crippen LogP contribution < -0.4 is 10.6 Å². The van der Waals surface area contributed by atoms with Gasteiger partial charge in [0.1, 0.15) is 0 Å². The first kappa shape index (κ1) is 12.7. The molecule has 3 nitrogen and oxygen atoms in total. The molecule has 0 aromatic heterocycles. The molecule has 0 heterocycles. The molecule has 3 heteroatoms. The second-order valence-corrected chi connectivity index (χ2v) is 5.13. The number of nitrogens with one attached hydrogen (secondary N) is 2. The van der Waals surface area contributed by atoms with Gasteiger partial charge >= 0.3 is 0 Å². The third kappa shape index (κ3) is 2.52. The molecule has 1 fully saturated rings. The van der Waals surface area contributed by atoms with Gasteiger partial charge in [0.05, 0.1) is 5.56 Å². The van der Waals surface area contributed by atoms with Gasteiger partial charge in [0.15, 0.2) is 0 Å². The van der Waals surface area contributed by atoms with Gasteiger partial charge < -0.3 is 10.6 Å². The van der Waals surface area contributed by atoms with Gasteiger partial charge in [0.25, 0.3) is 5.91 Å². The third-order valence-corrected chi connectivity index (χ3v) is 3.78. The normalized spacial score (nSPS) is 20.2. The average molecular weight is 266 g/mol. The third-order valence-electron chi connectivity index (χ3n) is 3.78. The van der Waals surface area contributed by atoms with Crippen molar-refractivity contribution < 1.29 is 4.79 Å². The molecule has 102 valence electrons. The Morgan fingerprint density at radius 1 is 1.05 bits per heavy atom. The molecular formula is C17H18N2O. The lowest BCUT2D eigenvalue weighted by atomic mass is 10.1. The maximum absolute atomic E-state index is 12.3. The van der Waals surface area contributed by atoms with Crippen LogP contribution in [0.15, 0.2) is 54.6 Å². The summed E-state index contributed by atoms with van der Waals surface area (Å²) in [6.07, 6.45) is 1.03. The van der Waals surface area contributed by atoms with E-state index in [0.717, 1.165) is 12.1 Å². The van der Waals surface area contributed by atoms with Gasteiger partial charge in [-0.2, -0.15) is 0 Å². The summed E-state index contributed by atoms with van der Waals surface area (Å²) in [5.41, 5.74) is 2.87. The van der Waals surface area contributed by atoms with E-state index < -0.39 is 0 Å². The van der Waals surface area contributed by atoms with Crippen LogP contribution >= 0.6 is 0 Å². The monoisotopic (exact) mass is 266 g/mol. The molecular weight excluding hydrogens is 248 g/mol. The minimum atomic E-state index is -0.00150. The van der Waals surface area contributed by atoms with Crippen LogP contribution in [-0.2, 0) is 0 Å². The van der Waals surface area contributed by atoms with Crippen molar-refractivity contribution in [1.29, 1.82) is 0 Å². The second kappa shape index (κ2) is 5.37. The second-order valence-electron chi connectivity index (χ2n) is 5.13.